The quantitative estimate of drug-likeness (QED) is 0.599. The summed E-state index contributed by atoms with van der Waals surface area (Å²) in [5, 5.41) is 3.53. The van der Waals surface area contributed by atoms with Crippen molar-refractivity contribution in [2.75, 3.05) is 25.5 Å². The third-order valence-corrected chi connectivity index (χ3v) is 5.05. The van der Waals surface area contributed by atoms with Gasteiger partial charge in [-0.05, 0) is 49.1 Å². The number of hydrogen-bond donors (Lipinski definition) is 1. The van der Waals surface area contributed by atoms with Gasteiger partial charge in [-0.25, -0.2) is 4.98 Å². The van der Waals surface area contributed by atoms with E-state index in [4.69, 9.17) is 0 Å². The number of fused-ring (bicyclic) bond motifs is 1. The smallest absolute Gasteiger partial charge is 0.261 e. The van der Waals surface area contributed by atoms with Crippen molar-refractivity contribution in [3.05, 3.63) is 70.3 Å². The largest absolute Gasteiger partial charge is 0.378 e. The molecule has 0 radical (unpaired) electrons. The van der Waals surface area contributed by atoms with Gasteiger partial charge in [0, 0.05) is 39.3 Å². The molecule has 2 aromatic carbocycles. The highest BCUT2D eigenvalue weighted by molar-refractivity contribution is 5.80. The first-order valence-corrected chi connectivity index (χ1v) is 9.93. The average molecular weight is 393 g/mol. The Bertz CT molecular complexity index is 1040. The number of anilines is 1. The van der Waals surface area contributed by atoms with Crippen LogP contribution in [0, 0.1) is 6.92 Å². The molecule has 1 heterocycles. The van der Waals surface area contributed by atoms with E-state index in [1.54, 1.807) is 6.07 Å². The molecular formula is C23H28N4O2. The molecular weight excluding hydrogens is 364 g/mol. The lowest BCUT2D eigenvalue weighted by molar-refractivity contribution is -0.121. The minimum atomic E-state index is -0.104. The number of hydrogen-bond acceptors (Lipinski definition) is 4. The van der Waals surface area contributed by atoms with Crippen LogP contribution in [0.3, 0.4) is 0 Å². The number of aryl methyl sites for hydroxylation is 3. The Morgan fingerprint density at radius 1 is 1.14 bits per heavy atom. The third kappa shape index (κ3) is 5.22. The summed E-state index contributed by atoms with van der Waals surface area (Å²) in [7, 11) is 4.04. The second kappa shape index (κ2) is 9.37. The van der Waals surface area contributed by atoms with Gasteiger partial charge < -0.3 is 10.2 Å². The predicted molar refractivity (Wildman–Crippen MR) is 117 cm³/mol. The lowest BCUT2D eigenvalue weighted by Crippen LogP contribution is -2.28. The molecule has 1 amide bonds. The van der Waals surface area contributed by atoms with Gasteiger partial charge in [-0.2, -0.15) is 0 Å². The molecule has 152 valence electrons. The summed E-state index contributed by atoms with van der Waals surface area (Å²) < 4.78 is 1.51. The number of para-hydroxylation sites is 1. The van der Waals surface area contributed by atoms with E-state index in [-0.39, 0.29) is 17.9 Å². The van der Waals surface area contributed by atoms with E-state index >= 15 is 0 Å². The Balaban J connectivity index is 1.45. The average Bonchev–Trinajstić information content (AvgIpc) is 2.71. The van der Waals surface area contributed by atoms with E-state index in [0.717, 1.165) is 23.9 Å². The van der Waals surface area contributed by atoms with Gasteiger partial charge in [0.1, 0.15) is 0 Å². The number of nitrogens with one attached hydrogen (secondary N) is 1. The number of rotatable bonds is 8. The predicted octanol–water partition coefficient (Wildman–Crippen LogP) is 2.91. The van der Waals surface area contributed by atoms with Gasteiger partial charge in [0.25, 0.3) is 5.56 Å². The van der Waals surface area contributed by atoms with Crippen LogP contribution in [0.15, 0.2) is 53.6 Å². The number of carbonyl (C=O) groups is 1. The summed E-state index contributed by atoms with van der Waals surface area (Å²) in [5.41, 5.74) is 4.02. The van der Waals surface area contributed by atoms with Crippen LogP contribution in [0.1, 0.15) is 24.0 Å². The zero-order valence-electron chi connectivity index (χ0n) is 17.3. The van der Waals surface area contributed by atoms with Crippen LogP contribution in [0.5, 0.6) is 0 Å². The van der Waals surface area contributed by atoms with Crippen molar-refractivity contribution in [1.29, 1.82) is 0 Å². The molecule has 0 aliphatic carbocycles. The van der Waals surface area contributed by atoms with Gasteiger partial charge in [0.2, 0.25) is 5.91 Å². The molecule has 29 heavy (non-hydrogen) atoms. The third-order valence-electron chi connectivity index (χ3n) is 5.05. The lowest BCUT2D eigenvalue weighted by Gasteiger charge is -2.12. The van der Waals surface area contributed by atoms with Crippen LogP contribution in [-0.4, -0.2) is 36.1 Å². The first-order valence-electron chi connectivity index (χ1n) is 9.93. The maximum Gasteiger partial charge on any atom is 0.261 e. The molecule has 0 unspecified atom stereocenters. The zero-order chi connectivity index (χ0) is 20.8. The van der Waals surface area contributed by atoms with Gasteiger partial charge >= 0.3 is 0 Å². The number of amides is 1. The molecule has 6 nitrogen and oxygen atoms in total. The first kappa shape index (κ1) is 20.6. The normalized spacial score (nSPS) is 10.9. The molecule has 0 saturated carbocycles. The van der Waals surface area contributed by atoms with Crippen LogP contribution in [0.25, 0.3) is 10.9 Å². The van der Waals surface area contributed by atoms with Gasteiger partial charge in [0.05, 0.1) is 17.2 Å². The van der Waals surface area contributed by atoms with E-state index in [1.807, 2.05) is 33.2 Å². The molecule has 1 aromatic heterocycles. The highest BCUT2D eigenvalue weighted by atomic mass is 16.1. The molecule has 0 bridgehead atoms. The Morgan fingerprint density at radius 3 is 2.62 bits per heavy atom. The molecule has 1 N–H and O–H groups in total. The van der Waals surface area contributed by atoms with Crippen molar-refractivity contribution in [1.82, 2.24) is 14.9 Å². The Hall–Kier alpha value is -3.15. The fourth-order valence-electron chi connectivity index (χ4n) is 3.29. The fourth-order valence-corrected chi connectivity index (χ4v) is 3.29. The van der Waals surface area contributed by atoms with Crippen LogP contribution in [0.2, 0.25) is 0 Å². The summed E-state index contributed by atoms with van der Waals surface area (Å²) in [5.74, 6) is -0.0517. The minimum Gasteiger partial charge on any atom is -0.378 e. The first-order chi connectivity index (χ1) is 14.0. The van der Waals surface area contributed by atoms with Crippen molar-refractivity contribution >= 4 is 22.5 Å². The van der Waals surface area contributed by atoms with Gasteiger partial charge in [-0.3, -0.25) is 14.2 Å². The number of nitrogens with zero attached hydrogens (tertiary/aromatic N) is 3. The van der Waals surface area contributed by atoms with Gasteiger partial charge in [-0.1, -0.05) is 24.3 Å². The second-order valence-electron chi connectivity index (χ2n) is 7.48. The maximum absolute atomic E-state index is 12.6. The van der Waals surface area contributed by atoms with E-state index in [0.29, 0.717) is 18.5 Å². The molecule has 0 saturated heterocycles. The Kier molecular flexibility index (Phi) is 6.65. The zero-order valence-corrected chi connectivity index (χ0v) is 17.3. The second-order valence-corrected chi connectivity index (χ2v) is 7.48. The molecule has 0 fully saturated rings. The Labute approximate surface area is 171 Å². The highest BCUT2D eigenvalue weighted by Crippen LogP contribution is 2.13. The molecule has 6 heteroatoms. The van der Waals surface area contributed by atoms with Crippen molar-refractivity contribution in [2.24, 2.45) is 0 Å². The van der Waals surface area contributed by atoms with Crippen molar-refractivity contribution in [3.8, 4) is 0 Å². The lowest BCUT2D eigenvalue weighted by atomic mass is 10.1. The molecule has 0 aliphatic heterocycles. The van der Waals surface area contributed by atoms with Gasteiger partial charge in [-0.15, -0.1) is 0 Å². The molecule has 3 rings (SSSR count). The minimum absolute atomic E-state index is 0.0517. The Morgan fingerprint density at radius 2 is 1.90 bits per heavy atom. The molecule has 0 atom stereocenters. The summed E-state index contributed by atoms with van der Waals surface area (Å²) in [6.07, 6.45) is 3.59. The van der Waals surface area contributed by atoms with E-state index in [2.05, 4.69) is 39.5 Å². The van der Waals surface area contributed by atoms with Crippen LogP contribution in [0.4, 0.5) is 5.69 Å². The fraction of sp³-hybridized carbons (Fsp3) is 0.348. The van der Waals surface area contributed by atoms with Crippen LogP contribution in [-0.2, 0) is 17.8 Å². The van der Waals surface area contributed by atoms with Crippen LogP contribution >= 0.6 is 0 Å². The highest BCUT2D eigenvalue weighted by Gasteiger charge is 2.08. The molecule has 0 aliphatic rings. The topological polar surface area (TPSA) is 67.2 Å². The molecule has 0 spiro atoms. The van der Waals surface area contributed by atoms with E-state index in [1.165, 1.54) is 22.1 Å². The molecule has 3 aromatic rings. The monoisotopic (exact) mass is 392 g/mol. The van der Waals surface area contributed by atoms with Crippen LogP contribution < -0.4 is 15.8 Å². The number of benzene rings is 2. The summed E-state index contributed by atoms with van der Waals surface area (Å²) >= 11 is 0. The maximum atomic E-state index is 12.6. The van der Waals surface area contributed by atoms with Crippen molar-refractivity contribution < 1.29 is 4.79 Å². The summed E-state index contributed by atoms with van der Waals surface area (Å²) in [6.45, 7) is 2.88. The van der Waals surface area contributed by atoms with E-state index in [9.17, 15) is 9.59 Å². The van der Waals surface area contributed by atoms with E-state index < -0.39 is 0 Å². The number of aromatic nitrogens is 2. The van der Waals surface area contributed by atoms with Crippen molar-refractivity contribution in [2.45, 2.75) is 32.7 Å². The summed E-state index contributed by atoms with van der Waals surface area (Å²) in [6, 6.07) is 14.0. The van der Waals surface area contributed by atoms with Gasteiger partial charge in [0.15, 0.2) is 0 Å². The van der Waals surface area contributed by atoms with Crippen molar-refractivity contribution in [3.63, 3.8) is 0 Å². The SMILES string of the molecule is Cc1cccc2c(=O)n(CCC(=O)NCCCc3ccc(N(C)C)cc3)cnc12. The standard InChI is InChI=1S/C23H28N4O2/c1-17-6-4-8-20-22(17)25-16-27(23(20)29)15-13-21(28)24-14-5-7-18-9-11-19(12-10-18)26(2)3/h4,6,8-12,16H,5,7,13-15H2,1-3H3,(H,24,28). The number of carbonyl (C=O) groups excluding carboxylic acids is 1. The summed E-state index contributed by atoms with van der Waals surface area (Å²) in [4.78, 5) is 31.1.